The van der Waals surface area contributed by atoms with Crippen LogP contribution in [0.4, 0.5) is 0 Å². The van der Waals surface area contributed by atoms with Crippen LogP contribution in [-0.4, -0.2) is 34.0 Å². The molecule has 21 heavy (non-hydrogen) atoms. The average Bonchev–Trinajstić information content (AvgIpc) is 2.46. The zero-order chi connectivity index (χ0) is 15.8. The van der Waals surface area contributed by atoms with E-state index < -0.39 is 0 Å². The zero-order valence-electron chi connectivity index (χ0n) is 12.6. The van der Waals surface area contributed by atoms with E-state index in [1.165, 1.54) is 11.8 Å². The van der Waals surface area contributed by atoms with E-state index in [0.717, 1.165) is 23.0 Å². The third kappa shape index (κ3) is 5.85. The van der Waals surface area contributed by atoms with Crippen LogP contribution in [0.2, 0.25) is 5.02 Å². The highest BCUT2D eigenvalue weighted by Gasteiger charge is 2.14. The molecule has 3 nitrogen and oxygen atoms in total. The van der Waals surface area contributed by atoms with Gasteiger partial charge in [0.15, 0.2) is 0 Å². The van der Waals surface area contributed by atoms with Crippen molar-refractivity contribution in [1.29, 1.82) is 0 Å². The van der Waals surface area contributed by atoms with Crippen molar-refractivity contribution in [3.05, 3.63) is 34.9 Å². The predicted octanol–water partition coefficient (Wildman–Crippen LogP) is 3.88. The summed E-state index contributed by atoms with van der Waals surface area (Å²) in [6.07, 6.45) is 0. The van der Waals surface area contributed by atoms with Crippen LogP contribution in [0, 0.1) is 0 Å². The first kappa shape index (κ1) is 18.3. The number of halogens is 1. The molecule has 0 bridgehead atoms. The Morgan fingerprint density at radius 3 is 2.57 bits per heavy atom. The van der Waals surface area contributed by atoms with Crippen molar-refractivity contribution in [2.24, 2.45) is 0 Å². The second kappa shape index (κ2) is 9.28. The molecule has 0 unspecified atom stereocenters. The molecular formula is C15H21ClN2OS2. The molecule has 0 aliphatic heterocycles. The molecule has 1 aromatic carbocycles. The van der Waals surface area contributed by atoms with Crippen LogP contribution in [0.1, 0.15) is 32.4 Å². The standard InChI is InChI=1S/C15H21ClN2OS2/c1-4-18(5-2)15(20)21-10-14(19)17-11(3)12-8-6-7-9-13(12)16/h6-9,11H,4-5,10H2,1-3H3,(H,17,19)/t11-/m1/s1. The van der Waals surface area contributed by atoms with Gasteiger partial charge in [-0.15, -0.1) is 0 Å². The lowest BCUT2D eigenvalue weighted by Gasteiger charge is -2.21. The summed E-state index contributed by atoms with van der Waals surface area (Å²) < 4.78 is 0.764. The molecule has 1 rings (SSSR count). The number of rotatable bonds is 6. The lowest BCUT2D eigenvalue weighted by Crippen LogP contribution is -2.31. The number of thioether (sulfide) groups is 1. The van der Waals surface area contributed by atoms with Crippen molar-refractivity contribution in [2.75, 3.05) is 18.8 Å². The van der Waals surface area contributed by atoms with Gasteiger partial charge >= 0.3 is 0 Å². The van der Waals surface area contributed by atoms with Gasteiger partial charge in [-0.1, -0.05) is 53.8 Å². The molecule has 1 amide bonds. The Labute approximate surface area is 141 Å². The van der Waals surface area contributed by atoms with Crippen LogP contribution in [0.25, 0.3) is 0 Å². The molecule has 0 aromatic heterocycles. The van der Waals surface area contributed by atoms with Gasteiger partial charge in [0.25, 0.3) is 0 Å². The quantitative estimate of drug-likeness (QED) is 0.794. The molecule has 1 atom stereocenters. The zero-order valence-corrected chi connectivity index (χ0v) is 14.9. The third-order valence-electron chi connectivity index (χ3n) is 3.10. The number of nitrogens with zero attached hydrogens (tertiary/aromatic N) is 1. The van der Waals surface area contributed by atoms with Gasteiger partial charge in [0.05, 0.1) is 11.8 Å². The first-order valence-corrected chi connectivity index (χ1v) is 8.72. The van der Waals surface area contributed by atoms with E-state index in [1.807, 2.05) is 31.2 Å². The van der Waals surface area contributed by atoms with Crippen molar-refractivity contribution in [3.63, 3.8) is 0 Å². The molecule has 0 radical (unpaired) electrons. The van der Waals surface area contributed by atoms with Crippen LogP contribution in [0.5, 0.6) is 0 Å². The van der Waals surface area contributed by atoms with E-state index >= 15 is 0 Å². The summed E-state index contributed by atoms with van der Waals surface area (Å²) in [5.41, 5.74) is 0.920. The highest BCUT2D eigenvalue weighted by Crippen LogP contribution is 2.22. The number of hydrogen-bond acceptors (Lipinski definition) is 3. The number of amides is 1. The summed E-state index contributed by atoms with van der Waals surface area (Å²) in [6, 6.07) is 7.41. The summed E-state index contributed by atoms with van der Waals surface area (Å²) in [4.78, 5) is 14.0. The van der Waals surface area contributed by atoms with Crippen molar-refractivity contribution < 1.29 is 4.79 Å². The number of carbonyl (C=O) groups excluding carboxylic acids is 1. The Morgan fingerprint density at radius 2 is 2.00 bits per heavy atom. The van der Waals surface area contributed by atoms with Crippen LogP contribution < -0.4 is 5.32 Å². The van der Waals surface area contributed by atoms with Gasteiger partial charge in [0.2, 0.25) is 5.91 Å². The minimum atomic E-state index is -0.117. The van der Waals surface area contributed by atoms with E-state index in [2.05, 4.69) is 24.1 Å². The fourth-order valence-corrected chi connectivity index (χ4v) is 3.40. The van der Waals surface area contributed by atoms with E-state index in [9.17, 15) is 4.79 Å². The Kier molecular flexibility index (Phi) is 8.07. The SMILES string of the molecule is CCN(CC)C(=S)SCC(=O)N[C@H](C)c1ccccc1Cl. The molecule has 0 saturated carbocycles. The van der Waals surface area contributed by atoms with Crippen molar-refractivity contribution in [2.45, 2.75) is 26.8 Å². The third-order valence-corrected chi connectivity index (χ3v) is 4.97. The van der Waals surface area contributed by atoms with E-state index in [-0.39, 0.29) is 11.9 Å². The number of hydrogen-bond donors (Lipinski definition) is 1. The number of carbonyl (C=O) groups is 1. The van der Waals surface area contributed by atoms with Gasteiger partial charge in [-0.05, 0) is 32.4 Å². The molecule has 0 fully saturated rings. The second-order valence-electron chi connectivity index (χ2n) is 4.54. The minimum absolute atomic E-state index is 0.0399. The molecule has 0 heterocycles. The highest BCUT2D eigenvalue weighted by molar-refractivity contribution is 8.23. The summed E-state index contributed by atoms with van der Waals surface area (Å²) in [6.45, 7) is 7.75. The number of benzene rings is 1. The Morgan fingerprint density at radius 1 is 1.38 bits per heavy atom. The molecular weight excluding hydrogens is 324 g/mol. The Balaban J connectivity index is 2.47. The molecule has 0 spiro atoms. The van der Waals surface area contributed by atoms with Crippen molar-refractivity contribution in [3.8, 4) is 0 Å². The van der Waals surface area contributed by atoms with E-state index in [1.54, 1.807) is 0 Å². The van der Waals surface area contributed by atoms with E-state index in [0.29, 0.717) is 10.8 Å². The molecule has 1 N–H and O–H groups in total. The largest absolute Gasteiger partial charge is 0.358 e. The van der Waals surface area contributed by atoms with Gasteiger partial charge in [0.1, 0.15) is 4.32 Å². The summed E-state index contributed by atoms with van der Waals surface area (Å²) in [5.74, 6) is 0.284. The first-order valence-electron chi connectivity index (χ1n) is 6.95. The smallest absolute Gasteiger partial charge is 0.230 e. The molecule has 1 aromatic rings. The second-order valence-corrected chi connectivity index (χ2v) is 6.55. The Hall–Kier alpha value is -0.780. The molecule has 0 saturated heterocycles. The van der Waals surface area contributed by atoms with Crippen LogP contribution in [0.3, 0.4) is 0 Å². The van der Waals surface area contributed by atoms with Crippen molar-refractivity contribution in [1.82, 2.24) is 10.2 Å². The predicted molar refractivity (Wildman–Crippen MR) is 96.0 cm³/mol. The topological polar surface area (TPSA) is 32.3 Å². The molecule has 0 aliphatic rings. The first-order chi connectivity index (χ1) is 9.99. The molecule has 116 valence electrons. The average molecular weight is 345 g/mol. The fraction of sp³-hybridized carbons (Fsp3) is 0.467. The van der Waals surface area contributed by atoms with E-state index in [4.69, 9.17) is 23.8 Å². The van der Waals surface area contributed by atoms with Crippen LogP contribution in [-0.2, 0) is 4.79 Å². The van der Waals surface area contributed by atoms with Crippen molar-refractivity contribution >= 4 is 45.8 Å². The molecule has 0 aliphatic carbocycles. The maximum Gasteiger partial charge on any atom is 0.230 e. The van der Waals surface area contributed by atoms with Crippen LogP contribution >= 0.6 is 35.6 Å². The van der Waals surface area contributed by atoms with Gasteiger partial charge in [-0.2, -0.15) is 0 Å². The van der Waals surface area contributed by atoms with Gasteiger partial charge in [-0.3, -0.25) is 4.79 Å². The normalized spacial score (nSPS) is 11.8. The van der Waals surface area contributed by atoms with Crippen LogP contribution in [0.15, 0.2) is 24.3 Å². The number of nitrogens with one attached hydrogen (secondary N) is 1. The Bertz CT molecular complexity index is 492. The number of thiocarbonyl (C=S) groups is 1. The summed E-state index contributed by atoms with van der Waals surface area (Å²) in [7, 11) is 0. The summed E-state index contributed by atoms with van der Waals surface area (Å²) >= 11 is 12.8. The molecule has 6 heteroatoms. The maximum absolute atomic E-state index is 12.0. The maximum atomic E-state index is 12.0. The lowest BCUT2D eigenvalue weighted by atomic mass is 10.1. The summed E-state index contributed by atoms with van der Waals surface area (Å²) in [5, 5.41) is 3.61. The highest BCUT2D eigenvalue weighted by atomic mass is 35.5. The monoisotopic (exact) mass is 344 g/mol. The fourth-order valence-electron chi connectivity index (χ4n) is 1.89. The van der Waals surface area contributed by atoms with Gasteiger partial charge in [0, 0.05) is 18.1 Å². The van der Waals surface area contributed by atoms with Gasteiger partial charge < -0.3 is 10.2 Å². The van der Waals surface area contributed by atoms with Gasteiger partial charge in [-0.25, -0.2) is 0 Å². The minimum Gasteiger partial charge on any atom is -0.358 e. The lowest BCUT2D eigenvalue weighted by molar-refractivity contribution is -0.119.